The molecule has 0 aliphatic heterocycles. The zero-order valence-corrected chi connectivity index (χ0v) is 19.6. The Morgan fingerprint density at radius 1 is 1.00 bits per heavy atom. The molecule has 0 heterocycles. The lowest BCUT2D eigenvalue weighted by Crippen LogP contribution is -2.33. The molecule has 174 valence electrons. The molecule has 0 saturated carbocycles. The Morgan fingerprint density at radius 2 is 1.72 bits per heavy atom. The van der Waals surface area contributed by atoms with Gasteiger partial charge in [0.1, 0.15) is 5.82 Å². The van der Waals surface area contributed by atoms with Crippen LogP contribution >= 0.6 is 0 Å². The lowest BCUT2D eigenvalue weighted by Gasteiger charge is -2.23. The minimum atomic E-state index is -0.260. The Balaban J connectivity index is 1.72. The van der Waals surface area contributed by atoms with Gasteiger partial charge in [-0.1, -0.05) is 30.4 Å². The van der Waals surface area contributed by atoms with Gasteiger partial charge in [-0.3, -0.25) is 4.79 Å². The Kier molecular flexibility index (Phi) is 10.7. The number of ether oxygens (including phenoxy) is 2. The van der Waals surface area contributed by atoms with Crippen molar-refractivity contribution in [3.8, 4) is 11.5 Å². The number of amides is 1. The van der Waals surface area contributed by atoms with Crippen LogP contribution < -0.4 is 9.47 Å². The quantitative estimate of drug-likeness (QED) is 0.453. The van der Waals surface area contributed by atoms with E-state index in [1.54, 1.807) is 26.4 Å². The molecule has 0 aliphatic rings. The summed E-state index contributed by atoms with van der Waals surface area (Å²) in [5, 5.41) is 0. The maximum atomic E-state index is 13.0. The molecule has 0 aromatic heterocycles. The van der Waals surface area contributed by atoms with E-state index >= 15 is 0 Å². The fourth-order valence-electron chi connectivity index (χ4n) is 3.46. The van der Waals surface area contributed by atoms with Crippen LogP contribution in [0.3, 0.4) is 0 Å². The SMILES string of the molecule is CCN(CCCN(C)CCc1ccc(OC)c(OC)c1)C(=O)CC=Cc1ccc(F)cc1. The van der Waals surface area contributed by atoms with Gasteiger partial charge in [-0.25, -0.2) is 4.39 Å². The molecule has 0 fully saturated rings. The van der Waals surface area contributed by atoms with Crippen LogP contribution in [0.25, 0.3) is 6.08 Å². The van der Waals surface area contributed by atoms with Crippen molar-refractivity contribution in [1.82, 2.24) is 9.80 Å². The molecule has 0 radical (unpaired) electrons. The molecule has 0 aliphatic carbocycles. The summed E-state index contributed by atoms with van der Waals surface area (Å²) in [7, 11) is 5.38. The Labute approximate surface area is 191 Å². The topological polar surface area (TPSA) is 42.0 Å². The molecular weight excluding hydrogens is 407 g/mol. The second-order valence-corrected chi connectivity index (χ2v) is 7.73. The lowest BCUT2D eigenvalue weighted by atomic mass is 10.1. The molecule has 32 heavy (non-hydrogen) atoms. The summed E-state index contributed by atoms with van der Waals surface area (Å²) in [6, 6.07) is 12.2. The number of methoxy groups -OCH3 is 2. The van der Waals surface area contributed by atoms with Crippen LogP contribution in [0.5, 0.6) is 11.5 Å². The van der Waals surface area contributed by atoms with Gasteiger partial charge in [-0.2, -0.15) is 0 Å². The van der Waals surface area contributed by atoms with Crippen molar-refractivity contribution in [2.75, 3.05) is 47.4 Å². The molecule has 0 spiro atoms. The van der Waals surface area contributed by atoms with Gasteiger partial charge in [0.05, 0.1) is 14.2 Å². The number of likely N-dealkylation sites (N-methyl/N-ethyl adjacent to an activating group) is 1. The van der Waals surface area contributed by atoms with Crippen molar-refractivity contribution in [1.29, 1.82) is 0 Å². The van der Waals surface area contributed by atoms with Gasteiger partial charge in [-0.15, -0.1) is 0 Å². The third kappa shape index (κ3) is 8.35. The first-order valence-corrected chi connectivity index (χ1v) is 11.1. The third-order valence-corrected chi connectivity index (χ3v) is 5.41. The van der Waals surface area contributed by atoms with Crippen molar-refractivity contribution < 1.29 is 18.7 Å². The smallest absolute Gasteiger partial charge is 0.226 e. The second kappa shape index (κ2) is 13.5. The summed E-state index contributed by atoms with van der Waals surface area (Å²) in [5.41, 5.74) is 2.09. The molecule has 0 saturated heterocycles. The van der Waals surface area contributed by atoms with E-state index in [0.717, 1.165) is 49.5 Å². The normalized spacial score (nSPS) is 11.2. The number of hydrogen-bond acceptors (Lipinski definition) is 4. The molecule has 0 atom stereocenters. The molecule has 6 heteroatoms. The Bertz CT molecular complexity index is 868. The number of hydrogen-bond donors (Lipinski definition) is 0. The summed E-state index contributed by atoms with van der Waals surface area (Å²) < 4.78 is 23.6. The fourth-order valence-corrected chi connectivity index (χ4v) is 3.46. The highest BCUT2D eigenvalue weighted by Crippen LogP contribution is 2.27. The summed E-state index contributed by atoms with van der Waals surface area (Å²) in [4.78, 5) is 16.7. The van der Waals surface area contributed by atoms with Crippen LogP contribution in [-0.2, 0) is 11.2 Å². The minimum Gasteiger partial charge on any atom is -0.493 e. The van der Waals surface area contributed by atoms with Gasteiger partial charge in [0.2, 0.25) is 5.91 Å². The highest BCUT2D eigenvalue weighted by Gasteiger charge is 2.10. The van der Waals surface area contributed by atoms with E-state index < -0.39 is 0 Å². The summed E-state index contributed by atoms with van der Waals surface area (Å²) >= 11 is 0. The van der Waals surface area contributed by atoms with Gasteiger partial charge in [0.25, 0.3) is 0 Å². The molecule has 0 unspecified atom stereocenters. The molecular formula is C26H35FN2O3. The molecule has 0 N–H and O–H groups in total. The van der Waals surface area contributed by atoms with E-state index in [1.165, 1.54) is 17.7 Å². The van der Waals surface area contributed by atoms with Gasteiger partial charge in [-0.05, 0) is 68.8 Å². The summed E-state index contributed by atoms with van der Waals surface area (Å²) in [6.07, 6.45) is 5.88. The van der Waals surface area contributed by atoms with Crippen LogP contribution in [-0.4, -0.2) is 63.2 Å². The van der Waals surface area contributed by atoms with Crippen molar-refractivity contribution in [3.63, 3.8) is 0 Å². The van der Waals surface area contributed by atoms with E-state index in [0.29, 0.717) is 13.0 Å². The van der Waals surface area contributed by atoms with Crippen molar-refractivity contribution >= 4 is 12.0 Å². The predicted molar refractivity (Wildman–Crippen MR) is 128 cm³/mol. The summed E-state index contributed by atoms with van der Waals surface area (Å²) in [5.74, 6) is 1.34. The highest BCUT2D eigenvalue weighted by molar-refractivity contribution is 5.78. The average Bonchev–Trinajstić information content (AvgIpc) is 2.81. The number of rotatable bonds is 13. The monoisotopic (exact) mass is 442 g/mol. The van der Waals surface area contributed by atoms with Crippen molar-refractivity contribution in [3.05, 3.63) is 65.5 Å². The van der Waals surface area contributed by atoms with Crippen LogP contribution in [0, 0.1) is 5.82 Å². The number of carbonyl (C=O) groups excluding carboxylic acids is 1. The zero-order chi connectivity index (χ0) is 23.3. The standard InChI is InChI=1S/C26H35FN2O3/c1-5-29(26(30)9-6-8-21-10-13-23(27)14-11-21)18-7-17-28(2)19-16-22-12-15-24(31-3)25(20-22)32-4/h6,8,10-15,20H,5,7,9,16-19H2,1-4H3. The molecule has 2 rings (SSSR count). The number of nitrogens with zero attached hydrogens (tertiary/aromatic N) is 2. The lowest BCUT2D eigenvalue weighted by molar-refractivity contribution is -0.130. The highest BCUT2D eigenvalue weighted by atomic mass is 19.1. The van der Waals surface area contributed by atoms with Gasteiger partial charge < -0.3 is 19.3 Å². The van der Waals surface area contributed by atoms with Crippen LogP contribution in [0.1, 0.15) is 30.9 Å². The number of benzene rings is 2. The molecule has 2 aromatic carbocycles. The van der Waals surface area contributed by atoms with Crippen molar-refractivity contribution in [2.24, 2.45) is 0 Å². The minimum absolute atomic E-state index is 0.110. The maximum Gasteiger partial charge on any atom is 0.226 e. The van der Waals surface area contributed by atoms with Gasteiger partial charge in [0, 0.05) is 26.1 Å². The molecule has 0 bridgehead atoms. The molecule has 1 amide bonds. The van der Waals surface area contributed by atoms with E-state index in [4.69, 9.17) is 9.47 Å². The van der Waals surface area contributed by atoms with E-state index in [-0.39, 0.29) is 11.7 Å². The summed E-state index contributed by atoms with van der Waals surface area (Å²) in [6.45, 7) is 5.28. The van der Waals surface area contributed by atoms with Crippen LogP contribution in [0.15, 0.2) is 48.5 Å². The van der Waals surface area contributed by atoms with E-state index in [2.05, 4.69) is 18.0 Å². The first-order valence-electron chi connectivity index (χ1n) is 11.1. The maximum absolute atomic E-state index is 13.0. The fraction of sp³-hybridized carbons (Fsp3) is 0.423. The molecule has 2 aromatic rings. The van der Waals surface area contributed by atoms with E-state index in [1.807, 2.05) is 36.1 Å². The number of carbonyl (C=O) groups is 1. The van der Waals surface area contributed by atoms with Crippen molar-refractivity contribution in [2.45, 2.75) is 26.2 Å². The Morgan fingerprint density at radius 3 is 2.38 bits per heavy atom. The molecule has 5 nitrogen and oxygen atoms in total. The average molecular weight is 443 g/mol. The largest absolute Gasteiger partial charge is 0.493 e. The first-order chi connectivity index (χ1) is 15.5. The first kappa shape index (κ1) is 25.4. The van der Waals surface area contributed by atoms with Gasteiger partial charge in [0.15, 0.2) is 11.5 Å². The number of halogens is 1. The second-order valence-electron chi connectivity index (χ2n) is 7.73. The third-order valence-electron chi connectivity index (χ3n) is 5.41. The van der Waals surface area contributed by atoms with Crippen LogP contribution in [0.4, 0.5) is 4.39 Å². The van der Waals surface area contributed by atoms with Gasteiger partial charge >= 0.3 is 0 Å². The Hall–Kier alpha value is -2.86. The van der Waals surface area contributed by atoms with E-state index in [9.17, 15) is 9.18 Å². The predicted octanol–water partition coefficient (Wildman–Crippen LogP) is 4.66. The zero-order valence-electron chi connectivity index (χ0n) is 19.6. The van der Waals surface area contributed by atoms with Crippen LogP contribution in [0.2, 0.25) is 0 Å².